The summed E-state index contributed by atoms with van der Waals surface area (Å²) in [6.45, 7) is 4.60. The standard InChI is InChI=1S/C11H22N2O3/c1-11(2,10(15)16-4)8-13-9(14)6-5-7-12-3/h12H,5-8H2,1-4H3,(H,13,14). The fourth-order valence-corrected chi connectivity index (χ4v) is 1.18. The zero-order chi connectivity index (χ0) is 12.6. The number of rotatable bonds is 7. The van der Waals surface area contributed by atoms with Gasteiger partial charge in [-0.1, -0.05) is 0 Å². The molecular formula is C11H22N2O3. The summed E-state index contributed by atoms with van der Waals surface area (Å²) in [6.07, 6.45) is 1.26. The van der Waals surface area contributed by atoms with Crippen molar-refractivity contribution in [2.75, 3.05) is 27.2 Å². The quantitative estimate of drug-likeness (QED) is 0.487. The molecule has 0 aliphatic rings. The highest BCUT2D eigenvalue weighted by molar-refractivity contribution is 5.79. The molecule has 0 rings (SSSR count). The molecule has 0 aromatic carbocycles. The van der Waals surface area contributed by atoms with Gasteiger partial charge in [0.1, 0.15) is 0 Å². The first-order valence-electron chi connectivity index (χ1n) is 5.43. The van der Waals surface area contributed by atoms with Crippen molar-refractivity contribution in [3.8, 4) is 0 Å². The zero-order valence-corrected chi connectivity index (χ0v) is 10.6. The Labute approximate surface area is 96.9 Å². The molecule has 1 amide bonds. The maximum absolute atomic E-state index is 11.4. The Kier molecular flexibility index (Phi) is 6.72. The van der Waals surface area contributed by atoms with Crippen LogP contribution < -0.4 is 10.6 Å². The van der Waals surface area contributed by atoms with Gasteiger partial charge in [0.05, 0.1) is 12.5 Å². The number of esters is 1. The fraction of sp³-hybridized carbons (Fsp3) is 0.818. The molecule has 0 saturated carbocycles. The third-order valence-electron chi connectivity index (χ3n) is 2.30. The Hall–Kier alpha value is -1.10. The molecule has 0 bridgehead atoms. The highest BCUT2D eigenvalue weighted by Gasteiger charge is 2.28. The Balaban J connectivity index is 3.86. The van der Waals surface area contributed by atoms with Crippen LogP contribution >= 0.6 is 0 Å². The molecule has 0 heterocycles. The van der Waals surface area contributed by atoms with E-state index in [-0.39, 0.29) is 11.9 Å². The van der Waals surface area contributed by atoms with Gasteiger partial charge in [-0.15, -0.1) is 0 Å². The summed E-state index contributed by atoms with van der Waals surface area (Å²) in [6, 6.07) is 0. The number of amides is 1. The molecule has 2 N–H and O–H groups in total. The number of ether oxygens (including phenoxy) is 1. The number of methoxy groups -OCH3 is 1. The van der Waals surface area contributed by atoms with E-state index in [4.69, 9.17) is 0 Å². The smallest absolute Gasteiger partial charge is 0.313 e. The predicted molar refractivity (Wildman–Crippen MR) is 62.0 cm³/mol. The third kappa shape index (κ3) is 5.70. The molecule has 16 heavy (non-hydrogen) atoms. The summed E-state index contributed by atoms with van der Waals surface area (Å²) in [7, 11) is 3.19. The van der Waals surface area contributed by atoms with Crippen LogP contribution in [0.5, 0.6) is 0 Å². The van der Waals surface area contributed by atoms with Crippen molar-refractivity contribution in [2.45, 2.75) is 26.7 Å². The summed E-state index contributed by atoms with van der Waals surface area (Å²) in [5, 5.41) is 5.70. The second kappa shape index (κ2) is 7.22. The van der Waals surface area contributed by atoms with E-state index in [9.17, 15) is 9.59 Å². The van der Waals surface area contributed by atoms with Crippen molar-refractivity contribution < 1.29 is 14.3 Å². The van der Waals surface area contributed by atoms with Gasteiger partial charge in [-0.3, -0.25) is 9.59 Å². The number of nitrogens with one attached hydrogen (secondary N) is 2. The van der Waals surface area contributed by atoms with E-state index in [1.54, 1.807) is 13.8 Å². The largest absolute Gasteiger partial charge is 0.469 e. The van der Waals surface area contributed by atoms with Crippen LogP contribution in [0.4, 0.5) is 0 Å². The van der Waals surface area contributed by atoms with E-state index in [0.717, 1.165) is 13.0 Å². The summed E-state index contributed by atoms with van der Waals surface area (Å²) >= 11 is 0. The van der Waals surface area contributed by atoms with Gasteiger partial charge in [-0.25, -0.2) is 0 Å². The van der Waals surface area contributed by atoms with Gasteiger partial charge in [0.25, 0.3) is 0 Å². The van der Waals surface area contributed by atoms with Crippen LogP contribution in [0.2, 0.25) is 0 Å². The lowest BCUT2D eigenvalue weighted by atomic mass is 9.94. The van der Waals surface area contributed by atoms with Crippen molar-refractivity contribution in [3.63, 3.8) is 0 Å². The van der Waals surface area contributed by atoms with E-state index in [2.05, 4.69) is 15.4 Å². The first kappa shape index (κ1) is 14.9. The summed E-state index contributed by atoms with van der Waals surface area (Å²) in [4.78, 5) is 22.7. The molecular weight excluding hydrogens is 208 g/mol. The lowest BCUT2D eigenvalue weighted by Gasteiger charge is -2.21. The lowest BCUT2D eigenvalue weighted by molar-refractivity contribution is -0.150. The topological polar surface area (TPSA) is 67.4 Å². The molecule has 0 unspecified atom stereocenters. The minimum absolute atomic E-state index is 0.0350. The van der Waals surface area contributed by atoms with Crippen LogP contribution in [-0.2, 0) is 14.3 Å². The molecule has 5 heteroatoms. The number of carbonyl (C=O) groups excluding carboxylic acids is 2. The van der Waals surface area contributed by atoms with Gasteiger partial charge in [0.15, 0.2) is 0 Å². The monoisotopic (exact) mass is 230 g/mol. The van der Waals surface area contributed by atoms with Crippen LogP contribution in [0.1, 0.15) is 26.7 Å². The van der Waals surface area contributed by atoms with Gasteiger partial charge in [0.2, 0.25) is 5.91 Å². The fourth-order valence-electron chi connectivity index (χ4n) is 1.18. The maximum atomic E-state index is 11.4. The number of hydrogen-bond donors (Lipinski definition) is 2. The second-order valence-corrected chi connectivity index (χ2v) is 4.36. The van der Waals surface area contributed by atoms with E-state index in [0.29, 0.717) is 13.0 Å². The molecule has 0 spiro atoms. The molecule has 0 fully saturated rings. The van der Waals surface area contributed by atoms with E-state index >= 15 is 0 Å². The highest BCUT2D eigenvalue weighted by atomic mass is 16.5. The highest BCUT2D eigenvalue weighted by Crippen LogP contribution is 2.15. The van der Waals surface area contributed by atoms with Crippen molar-refractivity contribution in [2.24, 2.45) is 5.41 Å². The molecule has 0 atom stereocenters. The minimum atomic E-state index is -0.673. The maximum Gasteiger partial charge on any atom is 0.313 e. The van der Waals surface area contributed by atoms with Crippen LogP contribution in [0, 0.1) is 5.41 Å². The van der Waals surface area contributed by atoms with Gasteiger partial charge >= 0.3 is 5.97 Å². The molecule has 0 aliphatic heterocycles. The molecule has 0 radical (unpaired) electrons. The van der Waals surface area contributed by atoms with Crippen LogP contribution in [0.25, 0.3) is 0 Å². The molecule has 0 saturated heterocycles. The Morgan fingerprint density at radius 3 is 2.44 bits per heavy atom. The third-order valence-corrected chi connectivity index (χ3v) is 2.30. The Morgan fingerprint density at radius 2 is 1.94 bits per heavy atom. The van der Waals surface area contributed by atoms with Crippen LogP contribution in [0.3, 0.4) is 0 Å². The molecule has 0 aromatic rings. The van der Waals surface area contributed by atoms with Gasteiger partial charge in [-0.05, 0) is 33.9 Å². The molecule has 5 nitrogen and oxygen atoms in total. The number of hydrogen-bond acceptors (Lipinski definition) is 4. The van der Waals surface area contributed by atoms with Gasteiger partial charge in [0, 0.05) is 13.0 Å². The summed E-state index contributed by atoms with van der Waals surface area (Å²) < 4.78 is 4.65. The summed E-state index contributed by atoms with van der Waals surface area (Å²) in [5.74, 6) is -0.352. The number of carbonyl (C=O) groups is 2. The Morgan fingerprint density at radius 1 is 1.31 bits per heavy atom. The van der Waals surface area contributed by atoms with Gasteiger partial charge in [-0.2, -0.15) is 0 Å². The van der Waals surface area contributed by atoms with Crippen molar-refractivity contribution in [3.05, 3.63) is 0 Å². The Bertz CT molecular complexity index is 239. The van der Waals surface area contributed by atoms with Crippen LogP contribution in [0.15, 0.2) is 0 Å². The minimum Gasteiger partial charge on any atom is -0.469 e. The van der Waals surface area contributed by atoms with Crippen molar-refractivity contribution in [1.82, 2.24) is 10.6 Å². The van der Waals surface area contributed by atoms with Crippen molar-refractivity contribution >= 4 is 11.9 Å². The first-order valence-corrected chi connectivity index (χ1v) is 5.43. The molecule has 94 valence electrons. The normalized spacial score (nSPS) is 11.0. The zero-order valence-electron chi connectivity index (χ0n) is 10.6. The summed E-state index contributed by atoms with van der Waals surface area (Å²) in [5.41, 5.74) is -0.673. The van der Waals surface area contributed by atoms with Gasteiger partial charge < -0.3 is 15.4 Å². The van der Waals surface area contributed by atoms with E-state index in [1.165, 1.54) is 7.11 Å². The SMILES string of the molecule is CNCCCC(=O)NCC(C)(C)C(=O)OC. The van der Waals surface area contributed by atoms with Crippen LogP contribution in [-0.4, -0.2) is 39.1 Å². The van der Waals surface area contributed by atoms with E-state index < -0.39 is 5.41 Å². The predicted octanol–water partition coefficient (Wildman–Crippen LogP) is 0.301. The second-order valence-electron chi connectivity index (χ2n) is 4.36. The molecule has 0 aliphatic carbocycles. The lowest BCUT2D eigenvalue weighted by Crippen LogP contribution is -2.39. The average Bonchev–Trinajstić information content (AvgIpc) is 2.25. The average molecular weight is 230 g/mol. The van der Waals surface area contributed by atoms with E-state index in [1.807, 2.05) is 7.05 Å². The molecule has 0 aromatic heterocycles. The van der Waals surface area contributed by atoms with Crippen molar-refractivity contribution in [1.29, 1.82) is 0 Å². The first-order chi connectivity index (χ1) is 7.44.